The number of benzene rings is 2. The highest BCUT2D eigenvalue weighted by atomic mass is 35.5. The number of anilines is 1. The van der Waals surface area contributed by atoms with Crippen LogP contribution >= 0.6 is 23.2 Å². The highest BCUT2D eigenvalue weighted by Crippen LogP contribution is 2.35. The summed E-state index contributed by atoms with van der Waals surface area (Å²) < 4.78 is 20.8. The molecular weight excluding hydrogens is 518 g/mol. The third kappa shape index (κ3) is 6.08. The number of likely N-dealkylation sites (tertiary alicyclic amines) is 1. The lowest BCUT2D eigenvalue weighted by atomic mass is 9.90. The Bertz CT molecular complexity index is 1330. The van der Waals surface area contributed by atoms with E-state index < -0.39 is 17.3 Å². The highest BCUT2D eigenvalue weighted by molar-refractivity contribution is 6.34. The molecule has 3 aromatic rings. The van der Waals surface area contributed by atoms with Crippen LogP contribution in [-0.2, 0) is 4.74 Å². The second-order valence-electron chi connectivity index (χ2n) is 10.1. The SMILES string of the molecule is Cc1c(Cl)cccc1-n1ncc(C(=O)Nc2ccc(F)cc2Cl)c1C1CCN(C(=O)OC(C)(C)C)CC1. The first-order chi connectivity index (χ1) is 17.4. The van der Waals surface area contributed by atoms with Gasteiger partial charge in [-0.25, -0.2) is 13.9 Å². The molecule has 1 fully saturated rings. The summed E-state index contributed by atoms with van der Waals surface area (Å²) in [6, 6.07) is 9.31. The number of piperidine rings is 1. The van der Waals surface area contributed by atoms with Crippen molar-refractivity contribution in [3.63, 3.8) is 0 Å². The fraction of sp³-hybridized carbons (Fsp3) is 0.370. The monoisotopic (exact) mass is 546 g/mol. The summed E-state index contributed by atoms with van der Waals surface area (Å²) in [5.41, 5.74) is 2.39. The van der Waals surface area contributed by atoms with Gasteiger partial charge < -0.3 is 15.0 Å². The number of hydrogen-bond donors (Lipinski definition) is 1. The number of rotatable bonds is 4. The summed E-state index contributed by atoms with van der Waals surface area (Å²) in [6.07, 6.45) is 2.39. The first-order valence-corrected chi connectivity index (χ1v) is 12.8. The number of aromatic nitrogens is 2. The molecule has 0 spiro atoms. The summed E-state index contributed by atoms with van der Waals surface area (Å²) in [5, 5.41) is 8.02. The summed E-state index contributed by atoms with van der Waals surface area (Å²) in [4.78, 5) is 27.7. The lowest BCUT2D eigenvalue weighted by Gasteiger charge is -2.34. The van der Waals surface area contributed by atoms with Crippen molar-refractivity contribution in [1.29, 1.82) is 0 Å². The Hall–Kier alpha value is -3.10. The zero-order chi connectivity index (χ0) is 26.9. The molecule has 10 heteroatoms. The molecule has 0 radical (unpaired) electrons. The molecule has 1 saturated heterocycles. The number of nitrogens with zero attached hydrogens (tertiary/aromatic N) is 3. The van der Waals surface area contributed by atoms with E-state index in [1.165, 1.54) is 18.3 Å². The summed E-state index contributed by atoms with van der Waals surface area (Å²) in [5.74, 6) is -0.974. The van der Waals surface area contributed by atoms with Crippen molar-refractivity contribution in [1.82, 2.24) is 14.7 Å². The molecule has 1 aliphatic rings. The van der Waals surface area contributed by atoms with E-state index in [1.54, 1.807) is 15.6 Å². The molecule has 0 unspecified atom stereocenters. The van der Waals surface area contributed by atoms with Crippen molar-refractivity contribution in [2.75, 3.05) is 18.4 Å². The molecule has 37 heavy (non-hydrogen) atoms. The van der Waals surface area contributed by atoms with Gasteiger partial charge in [0.25, 0.3) is 5.91 Å². The van der Waals surface area contributed by atoms with Crippen LogP contribution in [0.15, 0.2) is 42.6 Å². The van der Waals surface area contributed by atoms with Gasteiger partial charge in [0, 0.05) is 24.0 Å². The van der Waals surface area contributed by atoms with Crippen molar-refractivity contribution in [2.45, 2.75) is 52.1 Å². The number of amides is 2. The second-order valence-corrected chi connectivity index (χ2v) is 10.9. The minimum atomic E-state index is -0.580. The van der Waals surface area contributed by atoms with Gasteiger partial charge in [-0.05, 0) is 76.4 Å². The molecular formula is C27H29Cl2FN4O3. The maximum atomic E-state index is 13.5. The standard InChI is InChI=1S/C27H29Cl2FN4O3/c1-16-20(28)6-5-7-23(16)34-24(17-10-12-33(13-11-17)26(36)37-27(2,3)4)19(15-31-34)25(35)32-22-9-8-18(30)14-21(22)29/h5-9,14-15,17H,10-13H2,1-4H3,(H,32,35). The molecule has 0 bridgehead atoms. The van der Waals surface area contributed by atoms with Gasteiger partial charge in [0.2, 0.25) is 0 Å². The molecule has 1 aromatic heterocycles. The Kier molecular flexibility index (Phi) is 7.80. The lowest BCUT2D eigenvalue weighted by Crippen LogP contribution is -2.41. The molecule has 2 amide bonds. The van der Waals surface area contributed by atoms with Gasteiger partial charge in [0.15, 0.2) is 0 Å². The number of halogens is 3. The first-order valence-electron chi connectivity index (χ1n) is 12.0. The number of hydrogen-bond acceptors (Lipinski definition) is 4. The van der Waals surface area contributed by atoms with Gasteiger partial charge in [0.1, 0.15) is 11.4 Å². The van der Waals surface area contributed by atoms with Gasteiger partial charge in [-0.3, -0.25) is 4.79 Å². The summed E-state index contributed by atoms with van der Waals surface area (Å²) >= 11 is 12.5. The van der Waals surface area contributed by atoms with E-state index in [0.717, 1.165) is 17.3 Å². The number of carbonyl (C=O) groups excluding carboxylic acids is 2. The smallest absolute Gasteiger partial charge is 0.410 e. The molecule has 2 heterocycles. The predicted octanol–water partition coefficient (Wildman–Crippen LogP) is 6.99. The molecule has 0 aliphatic carbocycles. The topological polar surface area (TPSA) is 76.5 Å². The Balaban J connectivity index is 1.67. The van der Waals surface area contributed by atoms with Crippen molar-refractivity contribution in [2.24, 2.45) is 0 Å². The number of ether oxygens (including phenoxy) is 1. The third-order valence-corrected chi connectivity index (χ3v) is 6.95. The average Bonchev–Trinajstić information content (AvgIpc) is 3.26. The average molecular weight is 547 g/mol. The van der Waals surface area contributed by atoms with Crippen molar-refractivity contribution in [3.05, 3.63) is 75.3 Å². The molecule has 1 aliphatic heterocycles. The number of carbonyl (C=O) groups is 2. The van der Waals surface area contributed by atoms with E-state index in [4.69, 9.17) is 27.9 Å². The molecule has 196 valence electrons. The van der Waals surface area contributed by atoms with Crippen LogP contribution in [0.4, 0.5) is 14.9 Å². The van der Waals surface area contributed by atoms with Crippen LogP contribution < -0.4 is 5.32 Å². The molecule has 7 nitrogen and oxygen atoms in total. The van der Waals surface area contributed by atoms with Crippen LogP contribution in [0.1, 0.15) is 61.1 Å². The van der Waals surface area contributed by atoms with Crippen LogP contribution in [-0.4, -0.2) is 45.4 Å². The zero-order valence-electron chi connectivity index (χ0n) is 21.1. The van der Waals surface area contributed by atoms with E-state index in [9.17, 15) is 14.0 Å². The first kappa shape index (κ1) is 26.9. The van der Waals surface area contributed by atoms with Gasteiger partial charge in [-0.2, -0.15) is 5.10 Å². The van der Waals surface area contributed by atoms with Crippen molar-refractivity contribution >= 4 is 40.9 Å². The summed E-state index contributed by atoms with van der Waals surface area (Å²) in [6.45, 7) is 8.35. The molecule has 4 rings (SSSR count). The van der Waals surface area contributed by atoms with E-state index in [2.05, 4.69) is 10.4 Å². The van der Waals surface area contributed by atoms with Crippen LogP contribution in [0.25, 0.3) is 5.69 Å². The van der Waals surface area contributed by atoms with Crippen LogP contribution in [0.2, 0.25) is 10.0 Å². The van der Waals surface area contributed by atoms with Crippen molar-refractivity contribution < 1.29 is 18.7 Å². The van der Waals surface area contributed by atoms with Crippen LogP contribution in [0, 0.1) is 12.7 Å². The Labute approximate surface area is 225 Å². The van der Waals surface area contributed by atoms with E-state index in [0.29, 0.717) is 47.9 Å². The minimum absolute atomic E-state index is 0.0657. The Morgan fingerprint density at radius 2 is 1.81 bits per heavy atom. The van der Waals surface area contributed by atoms with Crippen LogP contribution in [0.5, 0.6) is 0 Å². The van der Waals surface area contributed by atoms with Crippen molar-refractivity contribution in [3.8, 4) is 5.69 Å². The van der Waals surface area contributed by atoms with Gasteiger partial charge >= 0.3 is 6.09 Å². The maximum Gasteiger partial charge on any atom is 0.410 e. The fourth-order valence-corrected chi connectivity index (χ4v) is 4.77. The van der Waals surface area contributed by atoms with E-state index in [1.807, 2.05) is 39.8 Å². The lowest BCUT2D eigenvalue weighted by molar-refractivity contribution is 0.0203. The van der Waals surface area contributed by atoms with Gasteiger partial charge in [0.05, 0.1) is 33.9 Å². The molecule has 1 N–H and O–H groups in total. The van der Waals surface area contributed by atoms with E-state index >= 15 is 0 Å². The predicted molar refractivity (Wildman–Crippen MR) is 142 cm³/mol. The maximum absolute atomic E-state index is 13.5. The third-order valence-electron chi connectivity index (χ3n) is 6.23. The molecule has 0 atom stereocenters. The Morgan fingerprint density at radius 3 is 2.46 bits per heavy atom. The van der Waals surface area contributed by atoms with Crippen LogP contribution in [0.3, 0.4) is 0 Å². The van der Waals surface area contributed by atoms with E-state index in [-0.39, 0.29) is 17.0 Å². The van der Waals surface area contributed by atoms with Gasteiger partial charge in [-0.15, -0.1) is 0 Å². The largest absolute Gasteiger partial charge is 0.444 e. The summed E-state index contributed by atoms with van der Waals surface area (Å²) in [7, 11) is 0. The Morgan fingerprint density at radius 1 is 1.11 bits per heavy atom. The quantitative estimate of drug-likeness (QED) is 0.382. The number of nitrogens with one attached hydrogen (secondary N) is 1. The highest BCUT2D eigenvalue weighted by Gasteiger charge is 2.32. The zero-order valence-corrected chi connectivity index (χ0v) is 22.7. The fourth-order valence-electron chi connectivity index (χ4n) is 4.39. The molecule has 2 aromatic carbocycles. The molecule has 0 saturated carbocycles. The second kappa shape index (κ2) is 10.7. The minimum Gasteiger partial charge on any atom is -0.444 e. The van der Waals surface area contributed by atoms with Gasteiger partial charge in [-0.1, -0.05) is 29.3 Å². The normalized spacial score (nSPS) is 14.5.